The molecule has 4 rings (SSSR count). The molecule has 27 heavy (non-hydrogen) atoms. The summed E-state index contributed by atoms with van der Waals surface area (Å²) in [6.07, 6.45) is 2.04. The molecule has 2 aliphatic heterocycles. The Morgan fingerprint density at radius 1 is 1.33 bits per heavy atom. The van der Waals surface area contributed by atoms with Gasteiger partial charge in [0.1, 0.15) is 18.3 Å². The number of carbonyl (C=O) groups is 1. The number of hydrogen-bond donors (Lipinski definition) is 1. The third-order valence-electron chi connectivity index (χ3n) is 5.04. The van der Waals surface area contributed by atoms with E-state index in [4.69, 9.17) is 11.6 Å². The first-order chi connectivity index (χ1) is 12.9. The maximum Gasteiger partial charge on any atom is 0.347 e. The number of aliphatic hydroxyl groups is 1. The third kappa shape index (κ3) is 3.37. The number of rotatable bonds is 3. The average Bonchev–Trinajstić information content (AvgIpc) is 3.20. The SMILES string of the molecule is O=C([C@@H]1CCC(O)c2nn(Cc3cncc(Cl)c3)c(=O)n21)N1CC[C@H](F)C1. The molecular weight excluding hydrogens is 377 g/mol. The Balaban J connectivity index is 1.67. The summed E-state index contributed by atoms with van der Waals surface area (Å²) >= 11 is 5.93. The minimum atomic E-state index is -1.03. The number of alkyl halides is 1. The van der Waals surface area contributed by atoms with Crippen LogP contribution in [0.3, 0.4) is 0 Å². The van der Waals surface area contributed by atoms with E-state index in [0.717, 1.165) is 0 Å². The molecule has 8 nitrogen and oxygen atoms in total. The van der Waals surface area contributed by atoms with E-state index in [2.05, 4.69) is 10.1 Å². The Morgan fingerprint density at radius 3 is 2.85 bits per heavy atom. The van der Waals surface area contributed by atoms with Gasteiger partial charge in [-0.3, -0.25) is 14.3 Å². The van der Waals surface area contributed by atoms with Gasteiger partial charge >= 0.3 is 5.69 Å². The smallest absolute Gasteiger partial charge is 0.347 e. The number of fused-ring (bicyclic) bond motifs is 1. The van der Waals surface area contributed by atoms with Crippen molar-refractivity contribution in [1.82, 2.24) is 24.2 Å². The fraction of sp³-hybridized carbons (Fsp3) is 0.529. The Labute approximate surface area is 159 Å². The number of pyridine rings is 1. The normalized spacial score (nSPS) is 24.9. The standard InChI is InChI=1S/C17H19ClFN5O3/c18-11-5-10(6-20-7-11)8-23-17(27)24-13(1-2-14(25)15(24)21-23)16(26)22-4-3-12(19)9-22/h5-7,12-14,25H,1-4,8-9H2/t12-,13-,14?/m0/s1. The zero-order chi connectivity index (χ0) is 19.1. The van der Waals surface area contributed by atoms with E-state index in [9.17, 15) is 19.1 Å². The largest absolute Gasteiger partial charge is 0.385 e. The monoisotopic (exact) mass is 395 g/mol. The molecule has 1 saturated heterocycles. The molecule has 4 heterocycles. The van der Waals surface area contributed by atoms with Crippen LogP contribution in [0.1, 0.15) is 42.8 Å². The van der Waals surface area contributed by atoms with Crippen molar-refractivity contribution in [3.8, 4) is 0 Å². The summed E-state index contributed by atoms with van der Waals surface area (Å²) in [6.45, 7) is 0.506. The lowest BCUT2D eigenvalue weighted by Gasteiger charge is -2.28. The molecule has 0 bridgehead atoms. The summed E-state index contributed by atoms with van der Waals surface area (Å²) in [4.78, 5) is 31.2. The van der Waals surface area contributed by atoms with Crippen LogP contribution in [0.15, 0.2) is 23.3 Å². The molecule has 2 aromatic rings. The molecule has 2 aromatic heterocycles. The lowest BCUT2D eigenvalue weighted by molar-refractivity contribution is -0.135. The minimum absolute atomic E-state index is 0.0459. The summed E-state index contributed by atoms with van der Waals surface area (Å²) in [5.74, 6) is -0.134. The minimum Gasteiger partial charge on any atom is -0.385 e. The molecule has 1 N–H and O–H groups in total. The molecular formula is C17H19ClFN5O3. The van der Waals surface area contributed by atoms with Crippen molar-refractivity contribution in [2.45, 2.75) is 44.1 Å². The lowest BCUT2D eigenvalue weighted by atomic mass is 10.0. The van der Waals surface area contributed by atoms with E-state index in [1.54, 1.807) is 12.3 Å². The molecule has 0 radical (unpaired) electrons. The first-order valence-corrected chi connectivity index (χ1v) is 9.21. The number of likely N-dealkylation sites (tertiary alicyclic amines) is 1. The number of halogens is 2. The van der Waals surface area contributed by atoms with Crippen molar-refractivity contribution in [2.24, 2.45) is 0 Å². The summed E-state index contributed by atoms with van der Waals surface area (Å²) in [6, 6.07) is 0.900. The number of amides is 1. The van der Waals surface area contributed by atoms with Crippen LogP contribution in [0.25, 0.3) is 0 Å². The fourth-order valence-corrected chi connectivity index (χ4v) is 3.91. The van der Waals surface area contributed by atoms with Crippen LogP contribution >= 0.6 is 11.6 Å². The average molecular weight is 396 g/mol. The number of hydrogen-bond acceptors (Lipinski definition) is 5. The van der Waals surface area contributed by atoms with Crippen molar-refractivity contribution in [2.75, 3.05) is 13.1 Å². The second-order valence-electron chi connectivity index (χ2n) is 6.96. The zero-order valence-corrected chi connectivity index (χ0v) is 15.2. The van der Waals surface area contributed by atoms with Crippen LogP contribution in [-0.2, 0) is 11.3 Å². The summed E-state index contributed by atoms with van der Waals surface area (Å²) < 4.78 is 15.9. The highest BCUT2D eigenvalue weighted by Crippen LogP contribution is 2.31. The van der Waals surface area contributed by atoms with E-state index >= 15 is 0 Å². The molecule has 0 aromatic carbocycles. The molecule has 1 amide bonds. The van der Waals surface area contributed by atoms with Crippen LogP contribution in [0, 0.1) is 0 Å². The van der Waals surface area contributed by atoms with Gasteiger partial charge in [-0.25, -0.2) is 13.9 Å². The second-order valence-corrected chi connectivity index (χ2v) is 7.40. The molecule has 144 valence electrons. The molecule has 0 saturated carbocycles. The first-order valence-electron chi connectivity index (χ1n) is 8.83. The van der Waals surface area contributed by atoms with Crippen molar-refractivity contribution in [3.05, 3.63) is 45.4 Å². The van der Waals surface area contributed by atoms with Crippen molar-refractivity contribution < 1.29 is 14.3 Å². The second kappa shape index (κ2) is 7.05. The van der Waals surface area contributed by atoms with Gasteiger partial charge in [-0.2, -0.15) is 5.10 Å². The Hall–Kier alpha value is -2.26. The maximum atomic E-state index is 13.5. The Bertz CT molecular complexity index is 930. The highest BCUT2D eigenvalue weighted by atomic mass is 35.5. The van der Waals surface area contributed by atoms with Gasteiger partial charge in [-0.1, -0.05) is 11.6 Å². The number of nitrogens with zero attached hydrogens (tertiary/aromatic N) is 5. The highest BCUT2D eigenvalue weighted by molar-refractivity contribution is 6.30. The fourth-order valence-electron chi connectivity index (χ4n) is 3.71. The molecule has 1 unspecified atom stereocenters. The Morgan fingerprint density at radius 2 is 2.15 bits per heavy atom. The molecule has 1 fully saturated rings. The van der Waals surface area contributed by atoms with Gasteiger partial charge in [-0.05, 0) is 30.9 Å². The summed E-state index contributed by atoms with van der Waals surface area (Å²) in [5, 5.41) is 14.9. The van der Waals surface area contributed by atoms with E-state index < -0.39 is 24.0 Å². The van der Waals surface area contributed by atoms with Gasteiger partial charge in [0.15, 0.2) is 5.82 Å². The van der Waals surface area contributed by atoms with Gasteiger partial charge in [0.25, 0.3) is 0 Å². The Kier molecular flexibility index (Phi) is 4.73. The molecule has 10 heteroatoms. The van der Waals surface area contributed by atoms with E-state index in [1.807, 2.05) is 0 Å². The van der Waals surface area contributed by atoms with Gasteiger partial charge in [0.05, 0.1) is 18.1 Å². The van der Waals surface area contributed by atoms with Crippen LogP contribution in [-0.4, -0.2) is 54.5 Å². The summed E-state index contributed by atoms with van der Waals surface area (Å²) in [5.41, 5.74) is 0.190. The molecule has 0 spiro atoms. The van der Waals surface area contributed by atoms with Crippen LogP contribution in [0.2, 0.25) is 5.02 Å². The first kappa shape index (κ1) is 18.1. The maximum absolute atomic E-state index is 13.5. The summed E-state index contributed by atoms with van der Waals surface area (Å²) in [7, 11) is 0. The number of aromatic nitrogens is 4. The molecule has 2 aliphatic rings. The highest BCUT2D eigenvalue weighted by Gasteiger charge is 2.38. The van der Waals surface area contributed by atoms with Gasteiger partial charge < -0.3 is 10.0 Å². The van der Waals surface area contributed by atoms with Gasteiger partial charge in [-0.15, -0.1) is 0 Å². The van der Waals surface area contributed by atoms with Crippen molar-refractivity contribution in [1.29, 1.82) is 0 Å². The van der Waals surface area contributed by atoms with Crippen LogP contribution in [0.5, 0.6) is 0 Å². The molecule has 0 aliphatic carbocycles. The molecule has 3 atom stereocenters. The number of aliphatic hydroxyl groups excluding tert-OH is 1. The van der Waals surface area contributed by atoms with Gasteiger partial charge in [0, 0.05) is 18.9 Å². The zero-order valence-electron chi connectivity index (χ0n) is 14.5. The topological polar surface area (TPSA) is 93.2 Å². The van der Waals surface area contributed by atoms with Crippen molar-refractivity contribution in [3.63, 3.8) is 0 Å². The predicted octanol–water partition coefficient (Wildman–Crippen LogP) is 1.08. The number of carbonyl (C=O) groups excluding carboxylic acids is 1. The predicted molar refractivity (Wildman–Crippen MR) is 94.2 cm³/mol. The third-order valence-corrected chi connectivity index (χ3v) is 5.25. The van der Waals surface area contributed by atoms with Crippen LogP contribution in [0.4, 0.5) is 4.39 Å². The van der Waals surface area contributed by atoms with Crippen molar-refractivity contribution >= 4 is 17.5 Å². The van der Waals surface area contributed by atoms with Crippen LogP contribution < -0.4 is 5.69 Å². The lowest BCUT2D eigenvalue weighted by Crippen LogP contribution is -2.42. The van der Waals surface area contributed by atoms with E-state index in [1.165, 1.54) is 20.3 Å². The quantitative estimate of drug-likeness (QED) is 0.839. The van der Waals surface area contributed by atoms with Gasteiger partial charge in [0.2, 0.25) is 5.91 Å². The van der Waals surface area contributed by atoms with E-state index in [0.29, 0.717) is 36.4 Å². The van der Waals surface area contributed by atoms with E-state index in [-0.39, 0.29) is 24.8 Å².